The third-order valence-electron chi connectivity index (χ3n) is 4.47. The summed E-state index contributed by atoms with van der Waals surface area (Å²) in [6.45, 7) is 9.22. The molecule has 6 heteroatoms. The lowest BCUT2D eigenvalue weighted by molar-refractivity contribution is -0.117. The Bertz CT molecular complexity index is 793. The quantitative estimate of drug-likeness (QED) is 0.367. The summed E-state index contributed by atoms with van der Waals surface area (Å²) in [4.78, 5) is 22.2. The van der Waals surface area contributed by atoms with Crippen LogP contribution in [0.4, 0.5) is 0 Å². The zero-order chi connectivity index (χ0) is 21.6. The number of fused-ring (bicyclic) bond motifs is 1. The molecule has 6 nitrogen and oxygen atoms in total. The smallest absolute Gasteiger partial charge is 0.243 e. The summed E-state index contributed by atoms with van der Waals surface area (Å²) in [5, 5.41) is 7.52. The Morgan fingerprint density at radius 1 is 0.733 bits per heavy atom. The second-order valence-corrected chi connectivity index (χ2v) is 6.71. The Labute approximate surface area is 177 Å². The van der Waals surface area contributed by atoms with Gasteiger partial charge in [0, 0.05) is 23.9 Å². The van der Waals surface area contributed by atoms with E-state index in [0.717, 1.165) is 48.0 Å². The maximum absolute atomic E-state index is 11.1. The molecule has 2 rings (SSSR count). The number of ether oxygens (including phenoxy) is 2. The van der Waals surface area contributed by atoms with Crippen molar-refractivity contribution in [3.63, 3.8) is 0 Å². The maximum atomic E-state index is 11.1. The third kappa shape index (κ3) is 7.62. The van der Waals surface area contributed by atoms with E-state index in [0.29, 0.717) is 26.3 Å². The van der Waals surface area contributed by atoms with E-state index in [4.69, 9.17) is 9.47 Å². The van der Waals surface area contributed by atoms with Crippen LogP contribution in [0.25, 0.3) is 10.8 Å². The summed E-state index contributed by atoms with van der Waals surface area (Å²) >= 11 is 0. The van der Waals surface area contributed by atoms with Gasteiger partial charge < -0.3 is 20.1 Å². The lowest BCUT2D eigenvalue weighted by Gasteiger charge is -2.14. The molecule has 0 radical (unpaired) electrons. The minimum absolute atomic E-state index is 0.154. The SMILES string of the molecule is C=CC(=O)NCCCCOc1ccc(OCCCCNC(=O)C=C)c2ccccc12. The number of amides is 2. The minimum atomic E-state index is -0.154. The Morgan fingerprint density at radius 2 is 1.17 bits per heavy atom. The van der Waals surface area contributed by atoms with Crippen LogP contribution in [0.1, 0.15) is 25.7 Å². The highest BCUT2D eigenvalue weighted by Gasteiger charge is 2.08. The summed E-state index contributed by atoms with van der Waals surface area (Å²) in [6.07, 6.45) is 5.90. The molecule has 0 aliphatic rings. The van der Waals surface area contributed by atoms with E-state index in [2.05, 4.69) is 23.8 Å². The molecule has 0 saturated heterocycles. The molecule has 2 aromatic carbocycles. The van der Waals surface area contributed by atoms with E-state index in [1.54, 1.807) is 0 Å². The monoisotopic (exact) mass is 410 g/mol. The van der Waals surface area contributed by atoms with Gasteiger partial charge in [-0.25, -0.2) is 0 Å². The molecule has 30 heavy (non-hydrogen) atoms. The summed E-state index contributed by atoms with van der Waals surface area (Å²) in [5.41, 5.74) is 0. The van der Waals surface area contributed by atoms with Crippen molar-refractivity contribution in [2.75, 3.05) is 26.3 Å². The molecule has 2 aromatic rings. The predicted octanol–water partition coefficient (Wildman–Crippen LogP) is 3.76. The number of rotatable bonds is 14. The summed E-state index contributed by atoms with van der Waals surface area (Å²) < 4.78 is 11.9. The van der Waals surface area contributed by atoms with E-state index < -0.39 is 0 Å². The molecule has 2 N–H and O–H groups in total. The third-order valence-corrected chi connectivity index (χ3v) is 4.47. The molecular weight excluding hydrogens is 380 g/mol. The number of benzene rings is 2. The molecule has 0 unspecified atom stereocenters. The first-order chi connectivity index (χ1) is 14.7. The molecule has 160 valence electrons. The van der Waals surface area contributed by atoms with Crippen LogP contribution in [-0.2, 0) is 9.59 Å². The Morgan fingerprint density at radius 3 is 1.57 bits per heavy atom. The topological polar surface area (TPSA) is 76.7 Å². The Balaban J connectivity index is 1.82. The van der Waals surface area contributed by atoms with Gasteiger partial charge in [-0.15, -0.1) is 0 Å². The van der Waals surface area contributed by atoms with Crippen LogP contribution in [0.15, 0.2) is 61.7 Å². The van der Waals surface area contributed by atoms with E-state index in [9.17, 15) is 9.59 Å². The molecule has 0 heterocycles. The van der Waals surface area contributed by atoms with E-state index in [1.807, 2.05) is 36.4 Å². The summed E-state index contributed by atoms with van der Waals surface area (Å²) in [6, 6.07) is 11.9. The van der Waals surface area contributed by atoms with Crippen molar-refractivity contribution in [2.45, 2.75) is 25.7 Å². The predicted molar refractivity (Wildman–Crippen MR) is 120 cm³/mol. The average Bonchev–Trinajstić information content (AvgIpc) is 2.78. The van der Waals surface area contributed by atoms with Crippen LogP contribution in [-0.4, -0.2) is 38.1 Å². The zero-order valence-electron chi connectivity index (χ0n) is 17.3. The fourth-order valence-electron chi connectivity index (χ4n) is 2.88. The number of unbranched alkanes of at least 4 members (excludes halogenated alkanes) is 2. The van der Waals surface area contributed by atoms with Gasteiger partial charge in [-0.05, 0) is 50.0 Å². The van der Waals surface area contributed by atoms with E-state index in [1.165, 1.54) is 12.2 Å². The van der Waals surface area contributed by atoms with E-state index >= 15 is 0 Å². The van der Waals surface area contributed by atoms with Gasteiger partial charge in [-0.3, -0.25) is 9.59 Å². The Kier molecular flexibility index (Phi) is 10.00. The highest BCUT2D eigenvalue weighted by atomic mass is 16.5. The molecule has 0 bridgehead atoms. The van der Waals surface area contributed by atoms with E-state index in [-0.39, 0.29) is 11.8 Å². The molecular formula is C24H30N2O4. The van der Waals surface area contributed by atoms with Gasteiger partial charge in [0.1, 0.15) is 11.5 Å². The standard InChI is InChI=1S/C24H30N2O4/c1-3-23(27)25-15-7-9-17-29-21-13-14-22(20-12-6-5-11-19(20)21)30-18-10-8-16-26-24(28)4-2/h3-6,11-14H,1-2,7-10,15-18H2,(H,25,27)(H,26,28). The van der Waals surface area contributed by atoms with Gasteiger partial charge in [0.25, 0.3) is 0 Å². The molecule has 0 saturated carbocycles. The van der Waals surface area contributed by atoms with Gasteiger partial charge in [0.2, 0.25) is 11.8 Å². The summed E-state index contributed by atoms with van der Waals surface area (Å²) in [5.74, 6) is 1.33. The highest BCUT2D eigenvalue weighted by molar-refractivity contribution is 5.93. The zero-order valence-corrected chi connectivity index (χ0v) is 17.3. The van der Waals surface area contributed by atoms with Crippen LogP contribution in [0.2, 0.25) is 0 Å². The molecule has 0 aliphatic carbocycles. The molecule has 2 amide bonds. The van der Waals surface area contributed by atoms with Gasteiger partial charge in [-0.2, -0.15) is 0 Å². The summed E-state index contributed by atoms with van der Waals surface area (Å²) in [7, 11) is 0. The average molecular weight is 411 g/mol. The molecule has 0 aliphatic heterocycles. The van der Waals surface area contributed by atoms with Gasteiger partial charge in [-0.1, -0.05) is 37.4 Å². The van der Waals surface area contributed by atoms with Crippen molar-refractivity contribution >= 4 is 22.6 Å². The fourth-order valence-corrected chi connectivity index (χ4v) is 2.88. The molecule has 0 fully saturated rings. The largest absolute Gasteiger partial charge is 0.493 e. The lowest BCUT2D eigenvalue weighted by atomic mass is 10.1. The number of nitrogens with one attached hydrogen (secondary N) is 2. The number of carbonyl (C=O) groups is 2. The first kappa shape index (κ1) is 23.0. The van der Waals surface area contributed by atoms with Crippen LogP contribution >= 0.6 is 0 Å². The van der Waals surface area contributed by atoms with Crippen molar-refractivity contribution in [2.24, 2.45) is 0 Å². The first-order valence-corrected chi connectivity index (χ1v) is 10.2. The van der Waals surface area contributed by atoms with Gasteiger partial charge in [0.15, 0.2) is 0 Å². The fraction of sp³-hybridized carbons (Fsp3) is 0.333. The minimum Gasteiger partial charge on any atom is -0.493 e. The molecule has 0 aromatic heterocycles. The number of carbonyl (C=O) groups excluding carboxylic acids is 2. The number of hydrogen-bond donors (Lipinski definition) is 2. The molecule has 0 atom stereocenters. The van der Waals surface area contributed by atoms with Crippen molar-refractivity contribution in [3.05, 3.63) is 61.7 Å². The van der Waals surface area contributed by atoms with Crippen LogP contribution in [0.3, 0.4) is 0 Å². The highest BCUT2D eigenvalue weighted by Crippen LogP contribution is 2.33. The van der Waals surface area contributed by atoms with Crippen LogP contribution < -0.4 is 20.1 Å². The van der Waals surface area contributed by atoms with Crippen molar-refractivity contribution < 1.29 is 19.1 Å². The van der Waals surface area contributed by atoms with Crippen LogP contribution in [0.5, 0.6) is 11.5 Å². The number of hydrogen-bond acceptors (Lipinski definition) is 4. The lowest BCUT2D eigenvalue weighted by Crippen LogP contribution is -2.22. The van der Waals surface area contributed by atoms with Gasteiger partial charge in [0.05, 0.1) is 13.2 Å². The van der Waals surface area contributed by atoms with Crippen molar-refractivity contribution in [3.8, 4) is 11.5 Å². The second-order valence-electron chi connectivity index (χ2n) is 6.71. The molecule has 0 spiro atoms. The van der Waals surface area contributed by atoms with Crippen LogP contribution in [0, 0.1) is 0 Å². The second kappa shape index (κ2) is 13.0. The van der Waals surface area contributed by atoms with Crippen molar-refractivity contribution in [1.29, 1.82) is 0 Å². The first-order valence-electron chi connectivity index (χ1n) is 10.2. The maximum Gasteiger partial charge on any atom is 0.243 e. The Hall–Kier alpha value is -3.28. The normalized spacial score (nSPS) is 10.3. The van der Waals surface area contributed by atoms with Gasteiger partial charge >= 0.3 is 0 Å². The van der Waals surface area contributed by atoms with Crippen molar-refractivity contribution in [1.82, 2.24) is 10.6 Å².